The Kier molecular flexibility index (Phi) is 7.22. The molecule has 3 aromatic rings. The third-order valence-corrected chi connectivity index (χ3v) is 7.25. The number of halogens is 3. The summed E-state index contributed by atoms with van der Waals surface area (Å²) in [6.45, 7) is 1.75. The van der Waals surface area contributed by atoms with Crippen LogP contribution in [0.2, 0.25) is 0 Å². The lowest BCUT2D eigenvalue weighted by molar-refractivity contribution is -0.133. The smallest absolute Gasteiger partial charge is 0.252 e. The van der Waals surface area contributed by atoms with E-state index in [-0.39, 0.29) is 36.1 Å². The number of benzene rings is 2. The monoisotopic (exact) mass is 551 g/mol. The van der Waals surface area contributed by atoms with Gasteiger partial charge in [0.1, 0.15) is 29.5 Å². The normalized spacial score (nSPS) is 19.1. The number of alkyl halides is 2. The minimum absolute atomic E-state index is 0.0439. The molecular weight excluding hydrogens is 523 g/mol. The molecule has 0 bridgehead atoms. The van der Waals surface area contributed by atoms with Crippen LogP contribution in [0.5, 0.6) is 0 Å². The second kappa shape index (κ2) is 10.6. The van der Waals surface area contributed by atoms with E-state index in [9.17, 15) is 27.6 Å². The van der Waals surface area contributed by atoms with Crippen molar-refractivity contribution in [2.75, 3.05) is 15.5 Å². The first-order valence-corrected chi connectivity index (χ1v) is 12.9. The van der Waals surface area contributed by atoms with Crippen molar-refractivity contribution in [3.8, 4) is 0 Å². The van der Waals surface area contributed by atoms with E-state index >= 15 is 0 Å². The van der Waals surface area contributed by atoms with Gasteiger partial charge in [-0.05, 0) is 54.8 Å². The number of anilines is 3. The molecular formula is C29H28F3N5O3. The highest BCUT2D eigenvalue weighted by atomic mass is 19.3. The number of amides is 3. The third kappa shape index (κ3) is 5.36. The highest BCUT2D eigenvalue weighted by Gasteiger charge is 2.48. The molecule has 2 aromatic carbocycles. The first-order chi connectivity index (χ1) is 19.0. The zero-order valence-corrected chi connectivity index (χ0v) is 21.7. The minimum Gasteiger partial charge on any atom is -0.384 e. The summed E-state index contributed by atoms with van der Waals surface area (Å²) in [5, 5.41) is 2.65. The van der Waals surface area contributed by atoms with Crippen molar-refractivity contribution in [2.45, 2.75) is 56.7 Å². The Hall–Kier alpha value is -4.41. The number of rotatable bonds is 7. The van der Waals surface area contributed by atoms with Gasteiger partial charge in [0.2, 0.25) is 11.8 Å². The van der Waals surface area contributed by atoms with Gasteiger partial charge in [-0.15, -0.1) is 0 Å². The standard InChI is InChI=1S/C29H28F3N5O3/c1-17-6-2-3-9-21(17)26(27(39)34-19-15-29(31,32)16-19)36(20-8-4-7-18(30)14-20)28(40)22-12-13-25(38)37(22)24-11-5-10-23(33)35-24/h2-11,14,19,22,26H,12-13,15-16H2,1H3,(H2,33,35)(H,34,39). The van der Waals surface area contributed by atoms with Gasteiger partial charge >= 0.3 is 0 Å². The van der Waals surface area contributed by atoms with Gasteiger partial charge in [-0.1, -0.05) is 36.4 Å². The van der Waals surface area contributed by atoms with Gasteiger partial charge in [0, 0.05) is 31.0 Å². The van der Waals surface area contributed by atoms with Crippen LogP contribution in [-0.4, -0.2) is 40.7 Å². The quantitative estimate of drug-likeness (QED) is 0.455. The van der Waals surface area contributed by atoms with Gasteiger partial charge < -0.3 is 11.1 Å². The van der Waals surface area contributed by atoms with Crippen molar-refractivity contribution in [3.63, 3.8) is 0 Å². The number of nitrogens with two attached hydrogens (primary N) is 1. The van der Waals surface area contributed by atoms with Crippen molar-refractivity contribution >= 4 is 35.0 Å². The molecule has 11 heteroatoms. The number of nitrogen functional groups attached to an aromatic ring is 1. The Morgan fingerprint density at radius 2 is 1.82 bits per heavy atom. The Labute approximate surface area is 229 Å². The third-order valence-electron chi connectivity index (χ3n) is 7.25. The van der Waals surface area contributed by atoms with Gasteiger partial charge in [-0.25, -0.2) is 18.2 Å². The second-order valence-corrected chi connectivity index (χ2v) is 10.2. The predicted molar refractivity (Wildman–Crippen MR) is 143 cm³/mol. The number of pyridine rings is 1. The Balaban J connectivity index is 1.60. The van der Waals surface area contributed by atoms with Crippen LogP contribution in [0.4, 0.5) is 30.5 Å². The molecule has 40 heavy (non-hydrogen) atoms. The van der Waals surface area contributed by atoms with Crippen molar-refractivity contribution < 1.29 is 27.6 Å². The molecule has 0 spiro atoms. The molecule has 0 radical (unpaired) electrons. The summed E-state index contributed by atoms with van der Waals surface area (Å²) in [6.07, 6.45) is -0.864. The Morgan fingerprint density at radius 3 is 2.50 bits per heavy atom. The van der Waals surface area contributed by atoms with E-state index in [1.54, 1.807) is 49.4 Å². The van der Waals surface area contributed by atoms with E-state index in [2.05, 4.69) is 10.3 Å². The molecule has 208 valence electrons. The second-order valence-electron chi connectivity index (χ2n) is 10.2. The lowest BCUT2D eigenvalue weighted by Crippen LogP contribution is -2.56. The molecule has 1 aromatic heterocycles. The fourth-order valence-electron chi connectivity index (χ4n) is 5.30. The number of hydrogen-bond donors (Lipinski definition) is 2. The Bertz CT molecular complexity index is 1460. The minimum atomic E-state index is -2.87. The van der Waals surface area contributed by atoms with Crippen LogP contribution in [0.15, 0.2) is 66.7 Å². The van der Waals surface area contributed by atoms with E-state index in [0.717, 1.165) is 11.0 Å². The zero-order chi connectivity index (χ0) is 28.6. The maximum Gasteiger partial charge on any atom is 0.252 e. The van der Waals surface area contributed by atoms with Crippen molar-refractivity contribution in [1.29, 1.82) is 0 Å². The first-order valence-electron chi connectivity index (χ1n) is 12.9. The lowest BCUT2D eigenvalue weighted by Gasteiger charge is -2.39. The summed E-state index contributed by atoms with van der Waals surface area (Å²) in [4.78, 5) is 47.8. The van der Waals surface area contributed by atoms with Crippen LogP contribution in [0, 0.1) is 12.7 Å². The summed E-state index contributed by atoms with van der Waals surface area (Å²) in [7, 11) is 0. The van der Waals surface area contributed by atoms with E-state index in [4.69, 9.17) is 5.73 Å². The average molecular weight is 552 g/mol. The van der Waals surface area contributed by atoms with Crippen LogP contribution in [-0.2, 0) is 14.4 Å². The lowest BCUT2D eigenvalue weighted by atomic mass is 9.87. The van der Waals surface area contributed by atoms with Gasteiger partial charge in [0.05, 0.1) is 0 Å². The van der Waals surface area contributed by atoms with Gasteiger partial charge in [0.15, 0.2) is 0 Å². The molecule has 3 amide bonds. The number of nitrogens with one attached hydrogen (secondary N) is 1. The van der Waals surface area contributed by atoms with Crippen molar-refractivity contribution in [2.24, 2.45) is 0 Å². The summed E-state index contributed by atoms with van der Waals surface area (Å²) < 4.78 is 41.7. The average Bonchev–Trinajstić information content (AvgIpc) is 3.27. The predicted octanol–water partition coefficient (Wildman–Crippen LogP) is 4.30. The molecule has 5 rings (SSSR count). The van der Waals surface area contributed by atoms with E-state index < -0.39 is 54.5 Å². The van der Waals surface area contributed by atoms with E-state index in [1.807, 2.05) is 0 Å². The van der Waals surface area contributed by atoms with Crippen LogP contribution >= 0.6 is 0 Å². The van der Waals surface area contributed by atoms with Crippen LogP contribution < -0.4 is 20.9 Å². The fourth-order valence-corrected chi connectivity index (χ4v) is 5.30. The van der Waals surface area contributed by atoms with Crippen molar-refractivity contribution in [1.82, 2.24) is 10.3 Å². The van der Waals surface area contributed by atoms with Gasteiger partial charge in [-0.2, -0.15) is 0 Å². The molecule has 1 saturated heterocycles. The maximum atomic E-state index is 14.5. The molecule has 1 saturated carbocycles. The molecule has 8 nitrogen and oxygen atoms in total. The zero-order valence-electron chi connectivity index (χ0n) is 21.7. The summed E-state index contributed by atoms with van der Waals surface area (Å²) >= 11 is 0. The molecule has 2 heterocycles. The van der Waals surface area contributed by atoms with Crippen LogP contribution in [0.1, 0.15) is 42.9 Å². The van der Waals surface area contributed by atoms with Gasteiger partial charge in [-0.3, -0.25) is 24.2 Å². The largest absolute Gasteiger partial charge is 0.384 e. The molecule has 2 unspecified atom stereocenters. The highest BCUT2D eigenvalue weighted by Crippen LogP contribution is 2.39. The summed E-state index contributed by atoms with van der Waals surface area (Å²) in [6, 6.07) is 13.6. The van der Waals surface area contributed by atoms with Crippen molar-refractivity contribution in [3.05, 3.63) is 83.7 Å². The number of carbonyl (C=O) groups is 3. The van der Waals surface area contributed by atoms with Gasteiger partial charge in [0.25, 0.3) is 11.8 Å². The summed E-state index contributed by atoms with van der Waals surface area (Å²) in [5.74, 6) is -4.88. The number of hydrogen-bond acceptors (Lipinski definition) is 5. The molecule has 3 N–H and O–H groups in total. The highest BCUT2D eigenvalue weighted by molar-refractivity contribution is 6.10. The molecule has 2 atom stereocenters. The number of aryl methyl sites for hydroxylation is 1. The molecule has 2 fully saturated rings. The fraction of sp³-hybridized carbons (Fsp3) is 0.310. The molecule has 2 aliphatic rings. The van der Waals surface area contributed by atoms with Crippen LogP contribution in [0.3, 0.4) is 0 Å². The summed E-state index contributed by atoms with van der Waals surface area (Å²) in [5.41, 5.74) is 7.00. The molecule has 1 aliphatic carbocycles. The first kappa shape index (κ1) is 27.2. The number of aromatic nitrogens is 1. The molecule has 1 aliphatic heterocycles. The van der Waals surface area contributed by atoms with E-state index in [1.165, 1.54) is 23.1 Å². The van der Waals surface area contributed by atoms with E-state index in [0.29, 0.717) is 11.1 Å². The topological polar surface area (TPSA) is 109 Å². The SMILES string of the molecule is Cc1ccccc1C(C(=O)NC1CC(F)(F)C1)N(C(=O)C1CCC(=O)N1c1cccc(N)n1)c1cccc(F)c1. The number of carbonyl (C=O) groups excluding carboxylic acids is 3. The Morgan fingerprint density at radius 1 is 1.10 bits per heavy atom. The maximum absolute atomic E-state index is 14.5. The van der Waals surface area contributed by atoms with Crippen LogP contribution in [0.25, 0.3) is 0 Å². The number of nitrogens with zero attached hydrogens (tertiary/aromatic N) is 3.